The van der Waals surface area contributed by atoms with Gasteiger partial charge in [0.1, 0.15) is 6.17 Å². The number of halogens is 2. The second-order valence-electron chi connectivity index (χ2n) is 11.4. The summed E-state index contributed by atoms with van der Waals surface area (Å²) in [6.07, 6.45) is 5.53. The van der Waals surface area contributed by atoms with E-state index in [9.17, 15) is 18.3 Å². The van der Waals surface area contributed by atoms with Crippen molar-refractivity contribution >= 4 is 50.5 Å². The first kappa shape index (κ1) is 33.5. The Labute approximate surface area is 274 Å². The molecule has 14 heteroatoms. The van der Waals surface area contributed by atoms with Gasteiger partial charge in [-0.2, -0.15) is 9.41 Å². The number of nitrogens with one attached hydrogen (secondary N) is 1. The van der Waals surface area contributed by atoms with Crippen LogP contribution in [0.15, 0.2) is 47.6 Å². The maximum absolute atomic E-state index is 13.9. The van der Waals surface area contributed by atoms with E-state index in [0.717, 1.165) is 17.7 Å². The lowest BCUT2D eigenvalue weighted by Crippen LogP contribution is -2.58. The lowest BCUT2D eigenvalue weighted by molar-refractivity contribution is -0.144. The highest BCUT2D eigenvalue weighted by Crippen LogP contribution is 2.39. The molecule has 3 aliphatic rings. The number of nitrogens with two attached hydrogens (primary N) is 1. The van der Waals surface area contributed by atoms with Crippen LogP contribution < -0.4 is 20.5 Å². The third kappa shape index (κ3) is 7.11. The first-order valence-electron chi connectivity index (χ1n) is 15.0. The van der Waals surface area contributed by atoms with Crippen molar-refractivity contribution in [2.24, 2.45) is 16.9 Å². The molecule has 2 aliphatic heterocycles. The Kier molecular flexibility index (Phi) is 10.6. The zero-order valence-electron chi connectivity index (χ0n) is 25.3. The third-order valence-electron chi connectivity index (χ3n) is 8.64. The average Bonchev–Trinajstić information content (AvgIpc) is 3.05. The van der Waals surface area contributed by atoms with Gasteiger partial charge in [0.05, 0.1) is 53.4 Å². The maximum atomic E-state index is 13.9. The standard InChI is InChI=1S/C31H39Cl2N5O6S/c1-43-26-11-10-19(17-27(26)44-2)30-21-7-3-4-8-22(21)31(40)38(36-30)28-9-5-6-13-37(28)45(41,42)14-12-35-18-25(39)20-15-23(32)29(34)24(33)16-20/h3-4,10-11,15-17,21-22,25,28,35,39H,5-9,12-14,18,34H2,1-2H3/t21-,22+,25?,28?/m0/s1. The van der Waals surface area contributed by atoms with E-state index in [1.54, 1.807) is 14.2 Å². The van der Waals surface area contributed by atoms with Crippen LogP contribution in [0.25, 0.3) is 0 Å². The number of aliphatic hydroxyl groups is 1. The van der Waals surface area contributed by atoms with Crippen molar-refractivity contribution in [2.75, 3.05) is 45.3 Å². The highest BCUT2D eigenvalue weighted by molar-refractivity contribution is 7.89. The summed E-state index contributed by atoms with van der Waals surface area (Å²) in [7, 11) is -0.667. The minimum absolute atomic E-state index is 0.0791. The number of carbonyl (C=O) groups is 1. The first-order valence-corrected chi connectivity index (χ1v) is 17.3. The number of hydrogen-bond acceptors (Lipinski definition) is 9. The Morgan fingerprint density at radius 3 is 2.44 bits per heavy atom. The SMILES string of the molecule is COc1ccc(C2=NN(C3CCCCN3S(=O)(=O)CCNCC(O)c3cc(Cl)c(N)c(Cl)c3)C(=O)[C@@H]3CC=CC[C@H]23)cc1OC. The minimum Gasteiger partial charge on any atom is -0.493 e. The molecule has 5 rings (SSSR count). The molecule has 4 N–H and O–H groups in total. The summed E-state index contributed by atoms with van der Waals surface area (Å²) < 4.78 is 39.8. The van der Waals surface area contributed by atoms with Crippen LogP contribution in [0.1, 0.15) is 49.3 Å². The van der Waals surface area contributed by atoms with Crippen LogP contribution in [0.5, 0.6) is 11.5 Å². The summed E-state index contributed by atoms with van der Waals surface area (Å²) >= 11 is 12.2. The van der Waals surface area contributed by atoms with Crippen LogP contribution in [-0.2, 0) is 14.8 Å². The highest BCUT2D eigenvalue weighted by Gasteiger charge is 2.46. The fourth-order valence-electron chi connectivity index (χ4n) is 6.21. The Hall–Kier alpha value is -2.87. The molecule has 4 atom stereocenters. The van der Waals surface area contributed by atoms with Gasteiger partial charge in [-0.1, -0.05) is 35.4 Å². The molecule has 0 radical (unpaired) electrons. The van der Waals surface area contributed by atoms with Gasteiger partial charge in [0.2, 0.25) is 15.9 Å². The number of sulfonamides is 1. The summed E-state index contributed by atoms with van der Waals surface area (Å²) in [6, 6.07) is 8.61. The fraction of sp³-hybridized carbons (Fsp3) is 0.484. The molecule has 2 aromatic rings. The Morgan fingerprint density at radius 2 is 1.76 bits per heavy atom. The number of allylic oxidation sites excluding steroid dienone is 2. The van der Waals surface area contributed by atoms with Gasteiger partial charge in [-0.25, -0.2) is 13.4 Å². The molecule has 2 aromatic carbocycles. The van der Waals surface area contributed by atoms with Gasteiger partial charge in [-0.15, -0.1) is 0 Å². The number of piperidine rings is 1. The molecule has 1 aliphatic carbocycles. The smallest absolute Gasteiger partial charge is 0.248 e. The number of hydrazone groups is 1. The number of aliphatic hydroxyl groups excluding tert-OH is 1. The van der Waals surface area contributed by atoms with Crippen LogP contribution >= 0.6 is 23.2 Å². The molecule has 0 spiro atoms. The number of amides is 1. The molecule has 1 amide bonds. The summed E-state index contributed by atoms with van der Waals surface area (Å²) in [5.41, 5.74) is 8.00. The van der Waals surface area contributed by atoms with Gasteiger partial charge in [-0.05, 0) is 68.0 Å². The van der Waals surface area contributed by atoms with Crippen molar-refractivity contribution in [3.63, 3.8) is 0 Å². The summed E-state index contributed by atoms with van der Waals surface area (Å²) in [5.74, 6) is 0.265. The van der Waals surface area contributed by atoms with Gasteiger partial charge in [0, 0.05) is 31.1 Å². The van der Waals surface area contributed by atoms with Crippen molar-refractivity contribution in [1.82, 2.24) is 14.6 Å². The Bertz CT molecular complexity index is 1560. The van der Waals surface area contributed by atoms with E-state index in [1.165, 1.54) is 21.4 Å². The number of anilines is 1. The van der Waals surface area contributed by atoms with Gasteiger partial charge >= 0.3 is 0 Å². The van der Waals surface area contributed by atoms with Crippen molar-refractivity contribution in [1.29, 1.82) is 0 Å². The van der Waals surface area contributed by atoms with E-state index in [1.807, 2.05) is 24.3 Å². The van der Waals surface area contributed by atoms with E-state index in [0.29, 0.717) is 42.7 Å². The predicted molar refractivity (Wildman–Crippen MR) is 175 cm³/mol. The maximum Gasteiger partial charge on any atom is 0.248 e. The number of nitrogens with zero attached hydrogens (tertiary/aromatic N) is 3. The number of nitrogen functional groups attached to an aromatic ring is 1. The number of hydrogen-bond donors (Lipinski definition) is 3. The van der Waals surface area contributed by atoms with Crippen LogP contribution in [0, 0.1) is 11.8 Å². The number of ether oxygens (including phenoxy) is 2. The largest absolute Gasteiger partial charge is 0.493 e. The number of methoxy groups -OCH3 is 2. The molecule has 0 saturated carbocycles. The van der Waals surface area contributed by atoms with Gasteiger partial charge in [0.25, 0.3) is 0 Å². The van der Waals surface area contributed by atoms with Crippen LogP contribution in [0.4, 0.5) is 5.69 Å². The average molecular weight is 681 g/mol. The van der Waals surface area contributed by atoms with Crippen molar-refractivity contribution in [3.8, 4) is 11.5 Å². The molecule has 0 aromatic heterocycles. The highest BCUT2D eigenvalue weighted by atomic mass is 35.5. The van der Waals surface area contributed by atoms with Crippen LogP contribution in [0.3, 0.4) is 0 Å². The van der Waals surface area contributed by atoms with Gasteiger partial charge in [-0.3, -0.25) is 4.79 Å². The third-order valence-corrected chi connectivity index (χ3v) is 11.1. The van der Waals surface area contributed by atoms with Gasteiger partial charge in [0.15, 0.2) is 11.5 Å². The quantitative estimate of drug-likeness (QED) is 0.182. The molecule has 1 saturated heterocycles. The summed E-state index contributed by atoms with van der Waals surface area (Å²) in [6.45, 7) is 0.454. The lowest BCUT2D eigenvalue weighted by Gasteiger charge is -2.44. The Balaban J connectivity index is 1.34. The molecule has 1 fully saturated rings. The number of rotatable bonds is 11. The van der Waals surface area contributed by atoms with Gasteiger partial charge < -0.3 is 25.6 Å². The molecule has 0 bridgehead atoms. The second kappa shape index (κ2) is 14.3. The monoisotopic (exact) mass is 679 g/mol. The minimum atomic E-state index is -3.80. The normalized spacial score (nSPS) is 23.0. The van der Waals surface area contributed by atoms with E-state index in [4.69, 9.17) is 43.5 Å². The summed E-state index contributed by atoms with van der Waals surface area (Å²) in [5, 5.41) is 20.4. The predicted octanol–water partition coefficient (Wildman–Crippen LogP) is 4.19. The van der Waals surface area contributed by atoms with E-state index in [2.05, 4.69) is 11.4 Å². The van der Waals surface area contributed by atoms with E-state index >= 15 is 0 Å². The van der Waals surface area contributed by atoms with Crippen molar-refractivity contribution in [3.05, 3.63) is 63.7 Å². The molecule has 2 heterocycles. The molecular weight excluding hydrogens is 641 g/mol. The molecule has 45 heavy (non-hydrogen) atoms. The molecular formula is C31H39Cl2N5O6S. The molecule has 244 valence electrons. The summed E-state index contributed by atoms with van der Waals surface area (Å²) in [4.78, 5) is 13.9. The molecule has 11 nitrogen and oxygen atoms in total. The zero-order chi connectivity index (χ0) is 32.3. The van der Waals surface area contributed by atoms with Crippen molar-refractivity contribution < 1.29 is 27.8 Å². The van der Waals surface area contributed by atoms with Crippen LogP contribution in [-0.4, -0.2) is 80.2 Å². The fourth-order valence-corrected chi connectivity index (χ4v) is 8.32. The van der Waals surface area contributed by atoms with Crippen LogP contribution in [0.2, 0.25) is 10.0 Å². The number of benzene rings is 2. The zero-order valence-corrected chi connectivity index (χ0v) is 27.6. The van der Waals surface area contributed by atoms with E-state index in [-0.39, 0.29) is 58.9 Å². The lowest BCUT2D eigenvalue weighted by atomic mass is 9.76. The number of fused-ring (bicyclic) bond motifs is 1. The molecule has 2 unspecified atom stereocenters. The first-order chi connectivity index (χ1) is 21.6. The van der Waals surface area contributed by atoms with Crippen molar-refractivity contribution in [2.45, 2.75) is 44.4 Å². The second-order valence-corrected chi connectivity index (χ2v) is 14.3. The topological polar surface area (TPSA) is 147 Å². The van der Waals surface area contributed by atoms with E-state index < -0.39 is 22.3 Å². The Morgan fingerprint density at radius 1 is 1.07 bits per heavy atom. The number of carbonyl (C=O) groups excluding carboxylic acids is 1.